The summed E-state index contributed by atoms with van der Waals surface area (Å²) < 4.78 is 0. The predicted molar refractivity (Wildman–Crippen MR) is 32.5 cm³/mol. The van der Waals surface area contributed by atoms with Gasteiger partial charge in [-0.1, -0.05) is 0 Å². The normalized spacial score (nSPS) is 21.1. The van der Waals surface area contributed by atoms with Crippen molar-refractivity contribution in [3.05, 3.63) is 10.7 Å². The monoisotopic (exact) mass is 116 g/mol. The molecule has 1 aliphatic heterocycles. The number of allylic oxidation sites excluding steroid dienone is 1. The van der Waals surface area contributed by atoms with Gasteiger partial charge in [-0.2, -0.15) is 0 Å². The molecule has 0 aromatic carbocycles. The molecular weight excluding hydrogens is 108 g/mol. The number of thioether (sulfide) groups is 1. The van der Waals surface area contributed by atoms with Crippen molar-refractivity contribution in [2.75, 3.05) is 5.75 Å². The molecule has 2 nitrogen and oxygen atoms in total. The summed E-state index contributed by atoms with van der Waals surface area (Å²) in [5, 5.41) is 0.819. The van der Waals surface area contributed by atoms with E-state index in [1.54, 1.807) is 11.8 Å². The summed E-state index contributed by atoms with van der Waals surface area (Å²) in [6.45, 7) is 0. The van der Waals surface area contributed by atoms with Gasteiger partial charge < -0.3 is 11.5 Å². The minimum Gasteiger partial charge on any atom is -0.400 e. The van der Waals surface area contributed by atoms with Gasteiger partial charge in [-0.15, -0.1) is 11.8 Å². The molecule has 0 aromatic rings. The molecule has 0 aliphatic carbocycles. The van der Waals surface area contributed by atoms with Crippen LogP contribution in [-0.2, 0) is 0 Å². The Bertz CT molecular complexity index is 96.3. The van der Waals surface area contributed by atoms with Gasteiger partial charge in [0.05, 0.1) is 5.03 Å². The average molecular weight is 116 g/mol. The highest BCUT2D eigenvalue weighted by molar-refractivity contribution is 8.03. The summed E-state index contributed by atoms with van der Waals surface area (Å²) in [5.74, 6) is 1.07. The third-order valence-corrected chi connectivity index (χ3v) is 1.93. The van der Waals surface area contributed by atoms with E-state index in [0.29, 0.717) is 0 Å². The maximum absolute atomic E-state index is 5.41. The third kappa shape index (κ3) is 0.825. The van der Waals surface area contributed by atoms with E-state index in [2.05, 4.69) is 0 Å². The first-order valence-corrected chi connectivity index (χ1v) is 3.16. The molecule has 0 aromatic heterocycles. The number of nitrogens with two attached hydrogens (primary N) is 2. The summed E-state index contributed by atoms with van der Waals surface area (Å²) in [4.78, 5) is 0. The van der Waals surface area contributed by atoms with Gasteiger partial charge in [0.25, 0.3) is 0 Å². The van der Waals surface area contributed by atoms with Crippen molar-refractivity contribution in [3.63, 3.8) is 0 Å². The molecule has 1 rings (SSSR count). The fraction of sp³-hybridized carbons (Fsp3) is 0.500. The lowest BCUT2D eigenvalue weighted by Crippen LogP contribution is -2.00. The van der Waals surface area contributed by atoms with Crippen molar-refractivity contribution < 1.29 is 0 Å². The third-order valence-electron chi connectivity index (χ3n) is 0.945. The average Bonchev–Trinajstić information content (AvgIpc) is 1.91. The molecule has 0 saturated carbocycles. The molecule has 0 saturated heterocycles. The minimum absolute atomic E-state index is 0.819. The van der Waals surface area contributed by atoms with E-state index in [1.807, 2.05) is 0 Å². The van der Waals surface area contributed by atoms with E-state index < -0.39 is 0 Å². The Morgan fingerprint density at radius 3 is 2.29 bits per heavy atom. The highest BCUT2D eigenvalue weighted by atomic mass is 32.2. The summed E-state index contributed by atoms with van der Waals surface area (Å²) in [6.07, 6.45) is 0.969. The lowest BCUT2D eigenvalue weighted by Gasteiger charge is -1.87. The molecule has 0 bridgehead atoms. The van der Waals surface area contributed by atoms with Crippen LogP contribution in [0.15, 0.2) is 10.7 Å². The second kappa shape index (κ2) is 1.66. The van der Waals surface area contributed by atoms with Crippen LogP contribution >= 0.6 is 11.8 Å². The van der Waals surface area contributed by atoms with Gasteiger partial charge in [-0.05, 0) is 6.42 Å². The quantitative estimate of drug-likeness (QED) is 0.475. The van der Waals surface area contributed by atoms with Crippen molar-refractivity contribution in [1.29, 1.82) is 0 Å². The zero-order valence-corrected chi connectivity index (χ0v) is 4.79. The Hall–Kier alpha value is -0.310. The lowest BCUT2D eigenvalue weighted by molar-refractivity contribution is 1.09. The topological polar surface area (TPSA) is 52.0 Å². The van der Waals surface area contributed by atoms with Crippen molar-refractivity contribution in [2.45, 2.75) is 6.42 Å². The molecule has 3 heteroatoms. The van der Waals surface area contributed by atoms with Crippen LogP contribution in [0.25, 0.3) is 0 Å². The van der Waals surface area contributed by atoms with Crippen LogP contribution < -0.4 is 11.5 Å². The zero-order chi connectivity index (χ0) is 5.28. The van der Waals surface area contributed by atoms with Gasteiger partial charge in [0, 0.05) is 11.4 Å². The largest absolute Gasteiger partial charge is 0.400 e. The van der Waals surface area contributed by atoms with Crippen molar-refractivity contribution in [1.82, 2.24) is 0 Å². The first-order valence-electron chi connectivity index (χ1n) is 2.17. The summed E-state index contributed by atoms with van der Waals surface area (Å²) >= 11 is 1.64. The minimum atomic E-state index is 0.819. The van der Waals surface area contributed by atoms with Crippen molar-refractivity contribution >= 4 is 11.8 Å². The Morgan fingerprint density at radius 2 is 2.14 bits per heavy atom. The van der Waals surface area contributed by atoms with Gasteiger partial charge in [0.1, 0.15) is 0 Å². The van der Waals surface area contributed by atoms with Crippen LogP contribution in [0.4, 0.5) is 0 Å². The first kappa shape index (κ1) is 4.84. The fourth-order valence-corrected chi connectivity index (χ4v) is 1.32. The van der Waals surface area contributed by atoms with Crippen LogP contribution in [0.1, 0.15) is 6.42 Å². The number of rotatable bonds is 0. The molecule has 0 spiro atoms. The molecule has 0 amide bonds. The first-order chi connectivity index (χ1) is 3.30. The summed E-state index contributed by atoms with van der Waals surface area (Å²) in [6, 6.07) is 0. The maximum atomic E-state index is 5.41. The molecule has 1 aliphatic rings. The Labute approximate surface area is 46.9 Å². The molecular formula is C4H8N2S. The highest BCUT2D eigenvalue weighted by Gasteiger charge is 2.06. The summed E-state index contributed by atoms with van der Waals surface area (Å²) in [5.41, 5.74) is 11.7. The predicted octanol–water partition coefficient (Wildman–Crippen LogP) is 0.210. The standard InChI is InChI=1S/C4H8N2S/c5-3-1-2-7-4(3)6/h1-2,5-6H2. The number of hydrogen-bond donors (Lipinski definition) is 2. The van der Waals surface area contributed by atoms with E-state index in [-0.39, 0.29) is 0 Å². The Balaban J connectivity index is 2.64. The van der Waals surface area contributed by atoms with E-state index in [4.69, 9.17) is 11.5 Å². The van der Waals surface area contributed by atoms with Crippen molar-refractivity contribution in [3.8, 4) is 0 Å². The zero-order valence-electron chi connectivity index (χ0n) is 3.98. The van der Waals surface area contributed by atoms with Gasteiger partial charge in [-0.3, -0.25) is 0 Å². The summed E-state index contributed by atoms with van der Waals surface area (Å²) in [7, 11) is 0. The molecule has 1 heterocycles. The Morgan fingerprint density at radius 1 is 1.43 bits per heavy atom. The SMILES string of the molecule is NC1=C(N)SCC1. The maximum Gasteiger partial charge on any atom is 0.0846 e. The Kier molecular flexibility index (Phi) is 1.15. The molecule has 0 radical (unpaired) electrons. The van der Waals surface area contributed by atoms with Crippen LogP contribution in [0.3, 0.4) is 0 Å². The van der Waals surface area contributed by atoms with Gasteiger partial charge >= 0.3 is 0 Å². The molecule has 0 fully saturated rings. The highest BCUT2D eigenvalue weighted by Crippen LogP contribution is 2.22. The van der Waals surface area contributed by atoms with Crippen LogP contribution in [0.2, 0.25) is 0 Å². The number of hydrogen-bond acceptors (Lipinski definition) is 3. The molecule has 0 atom stereocenters. The fourth-order valence-electron chi connectivity index (χ4n) is 0.487. The van der Waals surface area contributed by atoms with Gasteiger partial charge in [0.2, 0.25) is 0 Å². The van der Waals surface area contributed by atoms with Crippen molar-refractivity contribution in [2.24, 2.45) is 11.5 Å². The molecule has 40 valence electrons. The van der Waals surface area contributed by atoms with Crippen LogP contribution in [0.5, 0.6) is 0 Å². The molecule has 4 N–H and O–H groups in total. The smallest absolute Gasteiger partial charge is 0.0846 e. The lowest BCUT2D eigenvalue weighted by atomic mass is 10.4. The van der Waals surface area contributed by atoms with Gasteiger partial charge in [-0.25, -0.2) is 0 Å². The van der Waals surface area contributed by atoms with Crippen LogP contribution in [-0.4, -0.2) is 5.75 Å². The van der Waals surface area contributed by atoms with E-state index in [0.717, 1.165) is 22.9 Å². The molecule has 0 unspecified atom stereocenters. The van der Waals surface area contributed by atoms with E-state index >= 15 is 0 Å². The second-order valence-electron chi connectivity index (χ2n) is 1.49. The molecule has 7 heavy (non-hydrogen) atoms. The van der Waals surface area contributed by atoms with E-state index in [9.17, 15) is 0 Å². The second-order valence-corrected chi connectivity index (χ2v) is 2.62. The van der Waals surface area contributed by atoms with E-state index in [1.165, 1.54) is 0 Å². The van der Waals surface area contributed by atoms with Crippen LogP contribution in [0, 0.1) is 0 Å². The van der Waals surface area contributed by atoms with Gasteiger partial charge in [0.15, 0.2) is 0 Å².